The van der Waals surface area contributed by atoms with Gasteiger partial charge in [0.25, 0.3) is 5.91 Å². The molecule has 17 heavy (non-hydrogen) atoms. The molecule has 0 radical (unpaired) electrons. The number of carbonyl (C=O) groups is 1. The van der Waals surface area contributed by atoms with Gasteiger partial charge in [-0.05, 0) is 12.1 Å². The molecule has 5 nitrogen and oxygen atoms in total. The Hall–Kier alpha value is -2.31. The summed E-state index contributed by atoms with van der Waals surface area (Å²) in [5, 5.41) is 5.91. The summed E-state index contributed by atoms with van der Waals surface area (Å²) in [5.74, 6) is -0.497. The van der Waals surface area contributed by atoms with Gasteiger partial charge in [-0.3, -0.25) is 9.78 Å². The second kappa shape index (κ2) is 4.69. The highest BCUT2D eigenvalue weighted by Gasteiger charge is 2.12. The van der Waals surface area contributed by atoms with Crippen LogP contribution < -0.4 is 5.32 Å². The molecule has 2 aromatic heterocycles. The summed E-state index contributed by atoms with van der Waals surface area (Å²) in [6.07, 6.45) is 5.10. The molecule has 0 saturated carbocycles. The summed E-state index contributed by atoms with van der Waals surface area (Å²) in [7, 11) is 0. The van der Waals surface area contributed by atoms with Gasteiger partial charge in [0.2, 0.25) is 0 Å². The number of aromatic nitrogens is 3. The number of hydrogen-bond donors (Lipinski definition) is 1. The number of carbonyl (C=O) groups excluding carboxylic acids is 1. The minimum atomic E-state index is -2.75. The van der Waals surface area contributed by atoms with Crippen LogP contribution in [0.3, 0.4) is 0 Å². The van der Waals surface area contributed by atoms with E-state index in [2.05, 4.69) is 15.4 Å². The predicted molar refractivity (Wildman–Crippen MR) is 55.7 cm³/mol. The van der Waals surface area contributed by atoms with Gasteiger partial charge in [0.05, 0.1) is 11.8 Å². The Kier molecular flexibility index (Phi) is 3.08. The molecule has 0 aliphatic rings. The molecule has 2 aromatic rings. The summed E-state index contributed by atoms with van der Waals surface area (Å²) in [6.45, 7) is -2.75. The number of rotatable bonds is 3. The van der Waals surface area contributed by atoms with Crippen LogP contribution >= 0.6 is 0 Å². The maximum absolute atomic E-state index is 12.2. The third-order valence-corrected chi connectivity index (χ3v) is 2.00. The van der Waals surface area contributed by atoms with Crippen molar-refractivity contribution < 1.29 is 13.6 Å². The molecule has 2 rings (SSSR count). The zero-order valence-electron chi connectivity index (χ0n) is 8.55. The molecule has 0 unspecified atom stereocenters. The number of nitrogens with one attached hydrogen (secondary N) is 1. The van der Waals surface area contributed by atoms with E-state index in [1.807, 2.05) is 0 Å². The molecule has 2 heterocycles. The lowest BCUT2D eigenvalue weighted by molar-refractivity contribution is 0.0565. The summed E-state index contributed by atoms with van der Waals surface area (Å²) in [4.78, 5) is 15.4. The van der Waals surface area contributed by atoms with Crippen molar-refractivity contribution in [3.63, 3.8) is 0 Å². The fourth-order valence-corrected chi connectivity index (χ4v) is 1.20. The molecular formula is C10H8F2N4O. The first kappa shape index (κ1) is 11.2. The van der Waals surface area contributed by atoms with E-state index in [0.29, 0.717) is 10.4 Å². The van der Waals surface area contributed by atoms with Gasteiger partial charge in [-0.1, -0.05) is 0 Å². The third-order valence-electron chi connectivity index (χ3n) is 2.00. The molecule has 1 amide bonds. The van der Waals surface area contributed by atoms with Gasteiger partial charge >= 0.3 is 6.55 Å². The lowest BCUT2D eigenvalue weighted by atomic mass is 10.3. The number of nitrogens with zero attached hydrogens (tertiary/aromatic N) is 3. The third kappa shape index (κ3) is 2.63. The minimum Gasteiger partial charge on any atom is -0.322 e. The van der Waals surface area contributed by atoms with Gasteiger partial charge in [0, 0.05) is 24.3 Å². The van der Waals surface area contributed by atoms with Crippen molar-refractivity contribution >= 4 is 11.6 Å². The normalized spacial score (nSPS) is 10.5. The van der Waals surface area contributed by atoms with Crippen LogP contribution in [-0.2, 0) is 0 Å². The molecule has 0 aromatic carbocycles. The number of pyridine rings is 1. The van der Waals surface area contributed by atoms with Crippen molar-refractivity contribution in [2.45, 2.75) is 6.55 Å². The summed E-state index contributed by atoms with van der Waals surface area (Å²) in [5.41, 5.74) is 0.608. The Labute approximate surface area is 95.1 Å². The highest BCUT2D eigenvalue weighted by atomic mass is 19.3. The Bertz CT molecular complexity index is 512. The first-order chi connectivity index (χ1) is 8.16. The maximum atomic E-state index is 12.2. The van der Waals surface area contributed by atoms with E-state index in [0.717, 1.165) is 12.4 Å². The van der Waals surface area contributed by atoms with Gasteiger partial charge in [-0.25, -0.2) is 4.68 Å². The molecule has 0 fully saturated rings. The molecule has 88 valence electrons. The highest BCUT2D eigenvalue weighted by Crippen LogP contribution is 2.11. The van der Waals surface area contributed by atoms with E-state index in [1.54, 1.807) is 12.1 Å². The summed E-state index contributed by atoms with van der Waals surface area (Å²) < 4.78 is 24.9. The number of amides is 1. The van der Waals surface area contributed by atoms with E-state index in [-0.39, 0.29) is 5.56 Å². The van der Waals surface area contributed by atoms with Crippen LogP contribution in [0.1, 0.15) is 16.9 Å². The van der Waals surface area contributed by atoms with Gasteiger partial charge < -0.3 is 5.32 Å². The van der Waals surface area contributed by atoms with Gasteiger partial charge in [0.15, 0.2) is 0 Å². The number of alkyl halides is 2. The maximum Gasteiger partial charge on any atom is 0.333 e. The first-order valence-corrected chi connectivity index (χ1v) is 4.70. The van der Waals surface area contributed by atoms with E-state index in [1.165, 1.54) is 12.4 Å². The van der Waals surface area contributed by atoms with E-state index in [4.69, 9.17) is 0 Å². The second-order valence-electron chi connectivity index (χ2n) is 3.18. The highest BCUT2D eigenvalue weighted by molar-refractivity contribution is 6.03. The topological polar surface area (TPSA) is 59.8 Å². The molecule has 0 saturated heterocycles. The molecule has 0 aliphatic heterocycles. The zero-order chi connectivity index (χ0) is 12.3. The average Bonchev–Trinajstić information content (AvgIpc) is 2.79. The van der Waals surface area contributed by atoms with Crippen molar-refractivity contribution in [1.29, 1.82) is 0 Å². The lowest BCUT2D eigenvalue weighted by Crippen LogP contribution is -2.11. The van der Waals surface area contributed by atoms with Crippen molar-refractivity contribution in [3.05, 3.63) is 42.5 Å². The van der Waals surface area contributed by atoms with Gasteiger partial charge in [-0.2, -0.15) is 13.9 Å². The first-order valence-electron chi connectivity index (χ1n) is 4.70. The van der Waals surface area contributed by atoms with Crippen LogP contribution in [0, 0.1) is 0 Å². The van der Waals surface area contributed by atoms with Crippen molar-refractivity contribution in [2.75, 3.05) is 5.32 Å². The fraction of sp³-hybridized carbons (Fsp3) is 0.100. The standard InChI is InChI=1S/C10H8F2N4O/c11-10(12)16-6-7(5-14-16)9(17)15-8-1-3-13-4-2-8/h1-6,10H,(H,13,15,17). The van der Waals surface area contributed by atoms with Crippen LogP contribution in [0.4, 0.5) is 14.5 Å². The van der Waals surface area contributed by atoms with E-state index in [9.17, 15) is 13.6 Å². The molecule has 1 N–H and O–H groups in total. The summed E-state index contributed by atoms with van der Waals surface area (Å²) in [6, 6.07) is 3.19. The molecule has 0 bridgehead atoms. The van der Waals surface area contributed by atoms with Crippen LogP contribution in [-0.4, -0.2) is 20.7 Å². The zero-order valence-corrected chi connectivity index (χ0v) is 8.55. The van der Waals surface area contributed by atoms with Crippen molar-refractivity contribution in [1.82, 2.24) is 14.8 Å². The Morgan fingerprint density at radius 3 is 2.65 bits per heavy atom. The number of hydrogen-bond acceptors (Lipinski definition) is 3. The quantitative estimate of drug-likeness (QED) is 0.888. The van der Waals surface area contributed by atoms with Crippen LogP contribution in [0.25, 0.3) is 0 Å². The number of halogens is 2. The SMILES string of the molecule is O=C(Nc1ccncc1)c1cnn(C(F)F)c1. The van der Waals surface area contributed by atoms with Gasteiger partial charge in [-0.15, -0.1) is 0 Å². The Balaban J connectivity index is 2.10. The van der Waals surface area contributed by atoms with Gasteiger partial charge in [0.1, 0.15) is 0 Å². The molecule has 0 atom stereocenters. The molecule has 0 aliphatic carbocycles. The largest absolute Gasteiger partial charge is 0.333 e. The average molecular weight is 238 g/mol. The fourth-order valence-electron chi connectivity index (χ4n) is 1.20. The van der Waals surface area contributed by atoms with Crippen molar-refractivity contribution in [3.8, 4) is 0 Å². The predicted octanol–water partition coefficient (Wildman–Crippen LogP) is 1.93. The number of anilines is 1. The Morgan fingerprint density at radius 1 is 1.35 bits per heavy atom. The monoisotopic (exact) mass is 238 g/mol. The molecular weight excluding hydrogens is 230 g/mol. The lowest BCUT2D eigenvalue weighted by Gasteiger charge is -2.01. The van der Waals surface area contributed by atoms with Crippen LogP contribution in [0.2, 0.25) is 0 Å². The second-order valence-corrected chi connectivity index (χ2v) is 3.18. The molecule has 7 heteroatoms. The van der Waals surface area contributed by atoms with Crippen LogP contribution in [0.15, 0.2) is 36.9 Å². The van der Waals surface area contributed by atoms with E-state index >= 15 is 0 Å². The smallest absolute Gasteiger partial charge is 0.322 e. The van der Waals surface area contributed by atoms with E-state index < -0.39 is 12.5 Å². The van der Waals surface area contributed by atoms with Crippen molar-refractivity contribution in [2.24, 2.45) is 0 Å². The molecule has 0 spiro atoms. The summed E-state index contributed by atoms with van der Waals surface area (Å²) >= 11 is 0. The Morgan fingerprint density at radius 2 is 2.06 bits per heavy atom. The minimum absolute atomic E-state index is 0.0714. The van der Waals surface area contributed by atoms with Crippen LogP contribution in [0.5, 0.6) is 0 Å².